The van der Waals surface area contributed by atoms with Crippen LogP contribution in [0, 0.1) is 6.92 Å². The van der Waals surface area contributed by atoms with Crippen molar-refractivity contribution in [1.82, 2.24) is 15.6 Å². The lowest BCUT2D eigenvalue weighted by atomic mass is 10.2. The zero-order chi connectivity index (χ0) is 17.5. The molecule has 3 rings (SSSR count). The van der Waals surface area contributed by atoms with Crippen LogP contribution in [0.4, 0.5) is 5.69 Å². The number of nitrogens with zero attached hydrogens (tertiary/aromatic N) is 3. The molecule has 1 aromatic heterocycles. The van der Waals surface area contributed by atoms with Crippen LogP contribution >= 0.6 is 11.3 Å². The third-order valence-corrected chi connectivity index (χ3v) is 5.08. The van der Waals surface area contributed by atoms with E-state index in [-0.39, 0.29) is 0 Å². The fraction of sp³-hybridized carbons (Fsp3) is 0.368. The van der Waals surface area contributed by atoms with Gasteiger partial charge in [-0.2, -0.15) is 0 Å². The summed E-state index contributed by atoms with van der Waals surface area (Å²) in [4.78, 5) is 12.3. The van der Waals surface area contributed by atoms with Gasteiger partial charge in [-0.15, -0.1) is 11.3 Å². The molecule has 132 valence electrons. The van der Waals surface area contributed by atoms with Crippen molar-refractivity contribution in [2.45, 2.75) is 19.9 Å². The number of aromatic nitrogens is 1. The van der Waals surface area contributed by atoms with Crippen LogP contribution in [0.2, 0.25) is 0 Å². The maximum atomic E-state index is 4.38. The van der Waals surface area contributed by atoms with Gasteiger partial charge in [0.15, 0.2) is 5.96 Å². The Morgan fingerprint density at radius 2 is 1.96 bits per heavy atom. The zero-order valence-corrected chi connectivity index (χ0v) is 15.6. The van der Waals surface area contributed by atoms with E-state index in [1.807, 2.05) is 6.20 Å². The number of aliphatic imine (C=N–C) groups is 1. The smallest absolute Gasteiger partial charge is 0.191 e. The first-order valence-electron chi connectivity index (χ1n) is 8.59. The van der Waals surface area contributed by atoms with Gasteiger partial charge in [0.05, 0.1) is 5.01 Å². The standard InChI is InChI=1S/C19H25N5S/c1-15-13-22-18(25-15)9-10-21-19(20-2)23-14-16-5-7-17(8-6-16)24-11-3-4-12-24/h3-8,13H,9-12,14H2,1-2H3,(H2,20,21,23). The van der Waals surface area contributed by atoms with Crippen molar-refractivity contribution in [3.63, 3.8) is 0 Å². The minimum absolute atomic E-state index is 0.758. The lowest BCUT2D eigenvalue weighted by Gasteiger charge is -2.18. The molecule has 6 heteroatoms. The SMILES string of the molecule is CN=C(NCCc1ncc(C)s1)NCc1ccc(N2CC=CC2)cc1. The molecule has 1 aliphatic heterocycles. The van der Waals surface area contributed by atoms with Crippen LogP contribution in [0.1, 0.15) is 15.4 Å². The van der Waals surface area contributed by atoms with Gasteiger partial charge < -0.3 is 15.5 Å². The summed E-state index contributed by atoms with van der Waals surface area (Å²) in [6.07, 6.45) is 7.25. The highest BCUT2D eigenvalue weighted by atomic mass is 32.1. The van der Waals surface area contributed by atoms with Gasteiger partial charge in [-0.25, -0.2) is 4.98 Å². The number of guanidine groups is 1. The lowest BCUT2D eigenvalue weighted by Crippen LogP contribution is -2.37. The number of aryl methyl sites for hydroxylation is 1. The largest absolute Gasteiger partial charge is 0.364 e. The Hall–Kier alpha value is -2.34. The summed E-state index contributed by atoms with van der Waals surface area (Å²) in [7, 11) is 1.80. The molecule has 0 saturated heterocycles. The topological polar surface area (TPSA) is 52.6 Å². The molecule has 0 radical (unpaired) electrons. The van der Waals surface area contributed by atoms with Crippen molar-refractivity contribution < 1.29 is 0 Å². The second-order valence-corrected chi connectivity index (χ2v) is 7.33. The van der Waals surface area contributed by atoms with Gasteiger partial charge in [0.2, 0.25) is 0 Å². The van der Waals surface area contributed by atoms with Gasteiger partial charge >= 0.3 is 0 Å². The number of anilines is 1. The highest BCUT2D eigenvalue weighted by Gasteiger charge is 2.07. The molecule has 2 heterocycles. The van der Waals surface area contributed by atoms with E-state index in [9.17, 15) is 0 Å². The summed E-state index contributed by atoms with van der Waals surface area (Å²) in [5.74, 6) is 0.820. The van der Waals surface area contributed by atoms with E-state index in [2.05, 4.69) is 68.9 Å². The third kappa shape index (κ3) is 5.06. The van der Waals surface area contributed by atoms with E-state index in [4.69, 9.17) is 0 Å². The summed E-state index contributed by atoms with van der Waals surface area (Å²) in [5, 5.41) is 7.86. The number of hydrogen-bond donors (Lipinski definition) is 2. The summed E-state index contributed by atoms with van der Waals surface area (Å²) in [6.45, 7) is 5.68. The van der Waals surface area contributed by atoms with Gasteiger partial charge in [0.1, 0.15) is 0 Å². The summed E-state index contributed by atoms with van der Waals surface area (Å²) in [5.41, 5.74) is 2.52. The number of rotatable bonds is 6. The van der Waals surface area contributed by atoms with Crippen molar-refractivity contribution in [3.8, 4) is 0 Å². The maximum Gasteiger partial charge on any atom is 0.191 e. The Morgan fingerprint density at radius 1 is 1.20 bits per heavy atom. The highest BCUT2D eigenvalue weighted by molar-refractivity contribution is 7.11. The lowest BCUT2D eigenvalue weighted by molar-refractivity contribution is 0.792. The normalized spacial score (nSPS) is 14.2. The van der Waals surface area contributed by atoms with E-state index < -0.39 is 0 Å². The van der Waals surface area contributed by atoms with Gasteiger partial charge in [-0.1, -0.05) is 24.3 Å². The van der Waals surface area contributed by atoms with Gasteiger partial charge in [0, 0.05) is 56.4 Å². The number of nitrogens with one attached hydrogen (secondary N) is 2. The quantitative estimate of drug-likeness (QED) is 0.475. The number of hydrogen-bond acceptors (Lipinski definition) is 4. The minimum Gasteiger partial charge on any atom is -0.364 e. The molecule has 2 N–H and O–H groups in total. The van der Waals surface area contributed by atoms with Crippen molar-refractivity contribution >= 4 is 23.0 Å². The van der Waals surface area contributed by atoms with E-state index in [0.717, 1.165) is 43.6 Å². The Bertz CT molecular complexity index is 725. The van der Waals surface area contributed by atoms with Gasteiger partial charge in [-0.3, -0.25) is 4.99 Å². The molecule has 25 heavy (non-hydrogen) atoms. The van der Waals surface area contributed by atoms with E-state index in [0.29, 0.717) is 0 Å². The molecule has 0 fully saturated rings. The second-order valence-electron chi connectivity index (χ2n) is 6.01. The van der Waals surface area contributed by atoms with Crippen LogP contribution in [0.3, 0.4) is 0 Å². The second kappa shape index (κ2) is 8.67. The van der Waals surface area contributed by atoms with Crippen molar-refractivity contribution in [1.29, 1.82) is 0 Å². The first-order valence-corrected chi connectivity index (χ1v) is 9.41. The van der Waals surface area contributed by atoms with Crippen LogP contribution in [0.15, 0.2) is 47.6 Å². The minimum atomic E-state index is 0.758. The first-order chi connectivity index (χ1) is 12.2. The molecule has 0 saturated carbocycles. The van der Waals surface area contributed by atoms with Gasteiger partial charge in [0.25, 0.3) is 0 Å². The van der Waals surface area contributed by atoms with E-state index in [1.165, 1.54) is 16.1 Å². The van der Waals surface area contributed by atoms with Gasteiger partial charge in [-0.05, 0) is 24.6 Å². The van der Waals surface area contributed by atoms with E-state index >= 15 is 0 Å². The van der Waals surface area contributed by atoms with Crippen LogP contribution in [0.5, 0.6) is 0 Å². The zero-order valence-electron chi connectivity index (χ0n) is 14.8. The van der Waals surface area contributed by atoms with E-state index in [1.54, 1.807) is 18.4 Å². The molecule has 0 aliphatic carbocycles. The molecule has 0 unspecified atom stereocenters. The van der Waals surface area contributed by atoms with Crippen molar-refractivity contribution in [2.75, 3.05) is 31.6 Å². The number of benzene rings is 1. The maximum absolute atomic E-state index is 4.38. The van der Waals surface area contributed by atoms with Crippen LogP contribution in [0.25, 0.3) is 0 Å². The van der Waals surface area contributed by atoms with Crippen LogP contribution in [-0.2, 0) is 13.0 Å². The fourth-order valence-corrected chi connectivity index (χ4v) is 3.51. The molecular formula is C19H25N5S. The predicted molar refractivity (Wildman–Crippen MR) is 107 cm³/mol. The third-order valence-electron chi connectivity index (χ3n) is 4.10. The molecule has 5 nitrogen and oxygen atoms in total. The molecule has 0 amide bonds. The van der Waals surface area contributed by atoms with Crippen LogP contribution in [-0.4, -0.2) is 37.6 Å². The highest BCUT2D eigenvalue weighted by Crippen LogP contribution is 2.17. The molecular weight excluding hydrogens is 330 g/mol. The molecule has 1 aliphatic rings. The summed E-state index contributed by atoms with van der Waals surface area (Å²) >= 11 is 1.75. The molecule has 0 bridgehead atoms. The average molecular weight is 356 g/mol. The van der Waals surface area contributed by atoms with Crippen molar-refractivity contribution in [2.24, 2.45) is 4.99 Å². The Morgan fingerprint density at radius 3 is 2.60 bits per heavy atom. The fourth-order valence-electron chi connectivity index (χ4n) is 2.72. The first kappa shape index (κ1) is 17.5. The molecule has 0 spiro atoms. The molecule has 0 atom stereocenters. The summed E-state index contributed by atoms with van der Waals surface area (Å²) < 4.78 is 0. The van der Waals surface area contributed by atoms with Crippen LogP contribution < -0.4 is 15.5 Å². The average Bonchev–Trinajstić information content (AvgIpc) is 3.30. The van der Waals surface area contributed by atoms with Crippen molar-refractivity contribution in [3.05, 3.63) is 58.1 Å². The Labute approximate surface area is 153 Å². The monoisotopic (exact) mass is 355 g/mol. The Kier molecular flexibility index (Phi) is 6.06. The molecule has 1 aromatic carbocycles. The number of thiazole rings is 1. The Balaban J connectivity index is 1.42. The molecule has 2 aromatic rings. The predicted octanol–water partition coefficient (Wildman–Crippen LogP) is 2.74. The summed E-state index contributed by atoms with van der Waals surface area (Å²) in [6, 6.07) is 8.72.